The standard InChI is InChI=1S/C19H19FN2O3/c1-12-6-7-14(10-16(12)20)21-18(23)15-5-3-4-13-11-22(8-9-25-2)19(24)17(13)15/h3-7,10H,8-9,11H2,1-2H3,(H,21,23). The number of ether oxygens (including phenoxy) is 1. The summed E-state index contributed by atoms with van der Waals surface area (Å²) >= 11 is 0. The highest BCUT2D eigenvalue weighted by Crippen LogP contribution is 2.26. The number of aryl methyl sites for hydroxylation is 1. The van der Waals surface area contributed by atoms with Gasteiger partial charge in [0.1, 0.15) is 5.82 Å². The SMILES string of the molecule is COCCN1Cc2cccc(C(=O)Nc3ccc(C)c(F)c3)c2C1=O. The fourth-order valence-corrected chi connectivity index (χ4v) is 2.86. The Bertz CT molecular complexity index is 835. The number of nitrogens with zero attached hydrogens (tertiary/aromatic N) is 1. The lowest BCUT2D eigenvalue weighted by atomic mass is 10.0. The molecule has 0 spiro atoms. The van der Waals surface area contributed by atoms with E-state index in [1.54, 1.807) is 43.2 Å². The number of methoxy groups -OCH3 is 1. The number of nitrogens with one attached hydrogen (secondary N) is 1. The molecule has 1 aliphatic rings. The van der Waals surface area contributed by atoms with Gasteiger partial charge in [0.25, 0.3) is 11.8 Å². The fraction of sp³-hybridized carbons (Fsp3) is 0.263. The number of carbonyl (C=O) groups is 2. The summed E-state index contributed by atoms with van der Waals surface area (Å²) in [5.41, 5.74) is 2.37. The van der Waals surface area contributed by atoms with Gasteiger partial charge in [-0.1, -0.05) is 18.2 Å². The maximum atomic E-state index is 13.7. The first kappa shape index (κ1) is 17.1. The highest BCUT2D eigenvalue weighted by Gasteiger charge is 2.31. The van der Waals surface area contributed by atoms with Gasteiger partial charge in [0.05, 0.1) is 17.7 Å². The van der Waals surface area contributed by atoms with E-state index in [0.717, 1.165) is 5.56 Å². The van der Waals surface area contributed by atoms with Crippen molar-refractivity contribution in [2.75, 3.05) is 25.6 Å². The Hall–Kier alpha value is -2.73. The van der Waals surface area contributed by atoms with Crippen molar-refractivity contribution in [2.45, 2.75) is 13.5 Å². The Morgan fingerprint density at radius 3 is 2.84 bits per heavy atom. The van der Waals surface area contributed by atoms with Gasteiger partial charge < -0.3 is 15.0 Å². The van der Waals surface area contributed by atoms with Crippen LogP contribution < -0.4 is 5.32 Å². The van der Waals surface area contributed by atoms with Gasteiger partial charge in [-0.2, -0.15) is 0 Å². The molecule has 0 atom stereocenters. The Morgan fingerprint density at radius 2 is 2.12 bits per heavy atom. The lowest BCUT2D eigenvalue weighted by Crippen LogP contribution is -2.28. The molecular weight excluding hydrogens is 323 g/mol. The molecule has 0 fully saturated rings. The molecule has 0 bridgehead atoms. The van der Waals surface area contributed by atoms with Crippen LogP contribution in [0.1, 0.15) is 31.8 Å². The van der Waals surface area contributed by atoms with Crippen LogP contribution in [0, 0.1) is 12.7 Å². The van der Waals surface area contributed by atoms with E-state index < -0.39 is 11.7 Å². The van der Waals surface area contributed by atoms with E-state index in [1.807, 2.05) is 6.07 Å². The van der Waals surface area contributed by atoms with Crippen LogP contribution in [0.5, 0.6) is 0 Å². The first-order chi connectivity index (χ1) is 12.0. The van der Waals surface area contributed by atoms with Crippen molar-refractivity contribution in [1.82, 2.24) is 4.90 Å². The summed E-state index contributed by atoms with van der Waals surface area (Å²) < 4.78 is 18.7. The molecule has 2 aromatic rings. The molecule has 6 heteroatoms. The third-order valence-corrected chi connectivity index (χ3v) is 4.25. The summed E-state index contributed by atoms with van der Waals surface area (Å²) in [4.78, 5) is 26.9. The molecule has 1 heterocycles. The molecule has 1 aliphatic heterocycles. The highest BCUT2D eigenvalue weighted by molar-refractivity contribution is 6.13. The number of hydrogen-bond acceptors (Lipinski definition) is 3. The predicted octanol–water partition coefficient (Wildman–Crippen LogP) is 2.99. The van der Waals surface area contributed by atoms with Gasteiger partial charge in [-0.15, -0.1) is 0 Å². The molecule has 0 radical (unpaired) electrons. The Morgan fingerprint density at radius 1 is 1.32 bits per heavy atom. The van der Waals surface area contributed by atoms with Gasteiger partial charge in [-0.3, -0.25) is 9.59 Å². The second kappa shape index (κ2) is 7.03. The summed E-state index contributed by atoms with van der Waals surface area (Å²) in [6.45, 7) is 3.01. The number of fused-ring (bicyclic) bond motifs is 1. The summed E-state index contributed by atoms with van der Waals surface area (Å²) in [6, 6.07) is 9.68. The zero-order valence-electron chi connectivity index (χ0n) is 14.1. The fourth-order valence-electron chi connectivity index (χ4n) is 2.86. The average Bonchev–Trinajstić information content (AvgIpc) is 2.92. The van der Waals surface area contributed by atoms with Gasteiger partial charge in [0, 0.05) is 25.9 Å². The van der Waals surface area contributed by atoms with Gasteiger partial charge in [-0.05, 0) is 36.2 Å². The quantitative estimate of drug-likeness (QED) is 0.909. The Labute approximate surface area is 145 Å². The summed E-state index contributed by atoms with van der Waals surface area (Å²) in [6.07, 6.45) is 0. The molecule has 0 aliphatic carbocycles. The normalized spacial score (nSPS) is 13.1. The minimum Gasteiger partial charge on any atom is -0.383 e. The summed E-state index contributed by atoms with van der Waals surface area (Å²) in [5.74, 6) is -1.01. The number of rotatable bonds is 5. The van der Waals surface area contributed by atoms with Crippen molar-refractivity contribution in [1.29, 1.82) is 0 Å². The molecule has 3 rings (SSSR count). The number of carbonyl (C=O) groups excluding carboxylic acids is 2. The first-order valence-electron chi connectivity index (χ1n) is 7.99. The predicted molar refractivity (Wildman–Crippen MR) is 92.1 cm³/mol. The molecule has 25 heavy (non-hydrogen) atoms. The summed E-state index contributed by atoms with van der Waals surface area (Å²) in [5, 5.41) is 2.66. The monoisotopic (exact) mass is 342 g/mol. The average molecular weight is 342 g/mol. The number of hydrogen-bond donors (Lipinski definition) is 1. The maximum Gasteiger partial charge on any atom is 0.256 e. The summed E-state index contributed by atoms with van der Waals surface area (Å²) in [7, 11) is 1.58. The van der Waals surface area contributed by atoms with Crippen LogP contribution in [0.15, 0.2) is 36.4 Å². The minimum absolute atomic E-state index is 0.187. The zero-order valence-corrected chi connectivity index (χ0v) is 14.1. The number of benzene rings is 2. The van der Waals surface area contributed by atoms with Crippen LogP contribution in [0.3, 0.4) is 0 Å². The van der Waals surface area contributed by atoms with Gasteiger partial charge in [-0.25, -0.2) is 4.39 Å². The Balaban J connectivity index is 1.85. The molecule has 130 valence electrons. The number of halogens is 1. The van der Waals surface area contributed by atoms with E-state index in [9.17, 15) is 14.0 Å². The Kier molecular flexibility index (Phi) is 4.81. The molecular formula is C19H19FN2O3. The second-order valence-electron chi connectivity index (χ2n) is 5.98. The van der Waals surface area contributed by atoms with Crippen LogP contribution in [0.4, 0.5) is 10.1 Å². The first-order valence-corrected chi connectivity index (χ1v) is 7.99. The largest absolute Gasteiger partial charge is 0.383 e. The molecule has 5 nitrogen and oxygen atoms in total. The number of anilines is 1. The van der Waals surface area contributed by atoms with E-state index in [0.29, 0.717) is 42.1 Å². The lowest BCUT2D eigenvalue weighted by Gasteiger charge is -2.14. The van der Waals surface area contributed by atoms with Gasteiger partial charge in [0.15, 0.2) is 0 Å². The van der Waals surface area contributed by atoms with Crippen LogP contribution in [-0.2, 0) is 11.3 Å². The van der Waals surface area contributed by atoms with Gasteiger partial charge in [0.2, 0.25) is 0 Å². The topological polar surface area (TPSA) is 58.6 Å². The molecule has 1 N–H and O–H groups in total. The van der Waals surface area contributed by atoms with Crippen LogP contribution in [0.2, 0.25) is 0 Å². The second-order valence-corrected chi connectivity index (χ2v) is 5.98. The smallest absolute Gasteiger partial charge is 0.256 e. The van der Waals surface area contributed by atoms with Crippen molar-refractivity contribution in [3.05, 3.63) is 64.5 Å². The van der Waals surface area contributed by atoms with Crippen LogP contribution in [0.25, 0.3) is 0 Å². The van der Waals surface area contributed by atoms with E-state index in [1.165, 1.54) is 6.07 Å². The van der Waals surface area contributed by atoms with Crippen LogP contribution in [-0.4, -0.2) is 37.0 Å². The zero-order chi connectivity index (χ0) is 18.0. The van der Waals surface area contributed by atoms with Crippen molar-refractivity contribution in [3.63, 3.8) is 0 Å². The molecule has 0 saturated carbocycles. The molecule has 0 aromatic heterocycles. The molecule has 0 unspecified atom stereocenters. The highest BCUT2D eigenvalue weighted by atomic mass is 19.1. The lowest BCUT2D eigenvalue weighted by molar-refractivity contribution is 0.0716. The van der Waals surface area contributed by atoms with E-state index in [4.69, 9.17) is 4.74 Å². The van der Waals surface area contributed by atoms with Crippen molar-refractivity contribution >= 4 is 17.5 Å². The van der Waals surface area contributed by atoms with Gasteiger partial charge >= 0.3 is 0 Å². The minimum atomic E-state index is -0.429. The van der Waals surface area contributed by atoms with Crippen molar-refractivity contribution in [2.24, 2.45) is 0 Å². The van der Waals surface area contributed by atoms with Crippen molar-refractivity contribution < 1.29 is 18.7 Å². The maximum absolute atomic E-state index is 13.7. The third-order valence-electron chi connectivity index (χ3n) is 4.25. The van der Waals surface area contributed by atoms with E-state index in [-0.39, 0.29) is 5.91 Å². The van der Waals surface area contributed by atoms with E-state index >= 15 is 0 Å². The molecule has 0 saturated heterocycles. The molecule has 2 amide bonds. The molecule has 2 aromatic carbocycles. The van der Waals surface area contributed by atoms with Crippen molar-refractivity contribution in [3.8, 4) is 0 Å². The number of amides is 2. The van der Waals surface area contributed by atoms with Crippen LogP contribution >= 0.6 is 0 Å². The third kappa shape index (κ3) is 3.39. The van der Waals surface area contributed by atoms with E-state index in [2.05, 4.69) is 5.32 Å².